The normalized spacial score (nSPS) is 23.1. The Kier molecular flexibility index (Phi) is 3.22. The quantitative estimate of drug-likeness (QED) is 0.508. The van der Waals surface area contributed by atoms with Gasteiger partial charge in [-0.1, -0.05) is 6.07 Å². The number of hydrogen-bond acceptors (Lipinski definition) is 5. The lowest BCUT2D eigenvalue weighted by atomic mass is 10.1. The summed E-state index contributed by atoms with van der Waals surface area (Å²) in [5.74, 6) is 6.18. The van der Waals surface area contributed by atoms with Crippen molar-refractivity contribution >= 4 is 11.8 Å². The predicted molar refractivity (Wildman–Crippen MR) is 71.2 cm³/mol. The first-order chi connectivity index (χ1) is 9.28. The zero-order valence-corrected chi connectivity index (χ0v) is 10.7. The van der Waals surface area contributed by atoms with E-state index < -0.39 is 0 Å². The van der Waals surface area contributed by atoms with Crippen molar-refractivity contribution < 1.29 is 4.79 Å². The molecule has 2 saturated heterocycles. The Morgan fingerprint density at radius 2 is 2.42 bits per heavy atom. The van der Waals surface area contributed by atoms with Gasteiger partial charge in [0.1, 0.15) is 5.82 Å². The van der Waals surface area contributed by atoms with Crippen LogP contribution in [0.4, 0.5) is 10.6 Å². The second kappa shape index (κ2) is 5.02. The highest BCUT2D eigenvalue weighted by Crippen LogP contribution is 2.18. The second-order valence-electron chi connectivity index (χ2n) is 4.92. The van der Waals surface area contributed by atoms with E-state index in [1.54, 1.807) is 6.20 Å². The second-order valence-corrected chi connectivity index (χ2v) is 4.92. The van der Waals surface area contributed by atoms with Crippen LogP contribution in [0, 0.1) is 0 Å². The Balaban J connectivity index is 1.67. The number of hydrogen-bond donors (Lipinski definition) is 3. The maximum absolute atomic E-state index is 11.5. The minimum Gasteiger partial charge on any atom is -0.336 e. The number of rotatable bonds is 3. The number of nitrogens with zero attached hydrogens (tertiary/aromatic N) is 3. The third-order valence-electron chi connectivity index (χ3n) is 3.74. The lowest BCUT2D eigenvalue weighted by Crippen LogP contribution is -2.51. The number of hydrazine groups is 1. The average Bonchev–Trinajstić information content (AvgIpc) is 2.81. The van der Waals surface area contributed by atoms with Gasteiger partial charge in [-0.2, -0.15) is 0 Å². The predicted octanol–water partition coefficient (Wildman–Crippen LogP) is -0.423. The fourth-order valence-electron chi connectivity index (χ4n) is 2.75. The van der Waals surface area contributed by atoms with Crippen molar-refractivity contribution in [2.45, 2.75) is 12.6 Å². The molecular formula is C12H18N6O. The maximum atomic E-state index is 11.5. The Morgan fingerprint density at radius 3 is 3.26 bits per heavy atom. The summed E-state index contributed by atoms with van der Waals surface area (Å²) in [4.78, 5) is 20.0. The number of urea groups is 1. The van der Waals surface area contributed by atoms with Gasteiger partial charge < -0.3 is 15.6 Å². The average molecular weight is 262 g/mol. The third kappa shape index (κ3) is 2.34. The van der Waals surface area contributed by atoms with Gasteiger partial charge in [0, 0.05) is 44.5 Å². The SMILES string of the molecule is NNc1ncccc1CN1CCN2C(=O)NCC2C1. The van der Waals surface area contributed by atoms with E-state index in [1.165, 1.54) is 0 Å². The summed E-state index contributed by atoms with van der Waals surface area (Å²) in [6, 6.07) is 4.28. The number of amides is 2. The van der Waals surface area contributed by atoms with E-state index in [0.29, 0.717) is 5.82 Å². The fourth-order valence-corrected chi connectivity index (χ4v) is 2.75. The third-order valence-corrected chi connectivity index (χ3v) is 3.74. The minimum atomic E-state index is 0.0651. The van der Waals surface area contributed by atoms with Gasteiger partial charge in [-0.3, -0.25) is 4.90 Å². The monoisotopic (exact) mass is 262 g/mol. The molecule has 102 valence electrons. The van der Waals surface area contributed by atoms with Gasteiger partial charge in [0.25, 0.3) is 0 Å². The first-order valence-corrected chi connectivity index (χ1v) is 6.45. The Labute approximate surface area is 111 Å². The van der Waals surface area contributed by atoms with E-state index in [4.69, 9.17) is 5.84 Å². The molecule has 0 bridgehead atoms. The van der Waals surface area contributed by atoms with Gasteiger partial charge in [0.05, 0.1) is 6.04 Å². The van der Waals surface area contributed by atoms with E-state index >= 15 is 0 Å². The molecule has 3 rings (SSSR count). The van der Waals surface area contributed by atoms with Crippen LogP contribution in [0.1, 0.15) is 5.56 Å². The molecule has 2 amide bonds. The Hall–Kier alpha value is -1.86. The highest BCUT2D eigenvalue weighted by atomic mass is 16.2. The number of aromatic nitrogens is 1. The van der Waals surface area contributed by atoms with Crippen LogP contribution < -0.4 is 16.6 Å². The largest absolute Gasteiger partial charge is 0.336 e. The summed E-state index contributed by atoms with van der Waals surface area (Å²) in [6.45, 7) is 4.08. The van der Waals surface area contributed by atoms with Crippen molar-refractivity contribution in [3.63, 3.8) is 0 Å². The van der Waals surface area contributed by atoms with Crippen molar-refractivity contribution in [2.24, 2.45) is 5.84 Å². The summed E-state index contributed by atoms with van der Waals surface area (Å²) in [5, 5.41) is 2.88. The number of nitrogen functional groups attached to an aromatic ring is 1. The molecule has 19 heavy (non-hydrogen) atoms. The molecule has 0 aliphatic carbocycles. The molecule has 0 radical (unpaired) electrons. The molecule has 7 heteroatoms. The van der Waals surface area contributed by atoms with E-state index in [-0.39, 0.29) is 12.1 Å². The lowest BCUT2D eigenvalue weighted by Gasteiger charge is -2.36. The van der Waals surface area contributed by atoms with Crippen LogP contribution in [-0.2, 0) is 6.54 Å². The van der Waals surface area contributed by atoms with Gasteiger partial charge in [-0.25, -0.2) is 15.6 Å². The minimum absolute atomic E-state index is 0.0651. The standard InChI is InChI=1S/C12H18N6O/c13-16-11-9(2-1-3-14-11)7-17-4-5-18-10(8-17)6-15-12(18)19/h1-3,10H,4-8,13H2,(H,14,16)(H,15,19). The number of nitrogens with one attached hydrogen (secondary N) is 2. The molecule has 1 unspecified atom stereocenters. The highest BCUT2D eigenvalue weighted by molar-refractivity contribution is 5.77. The van der Waals surface area contributed by atoms with Gasteiger partial charge in [-0.15, -0.1) is 0 Å². The van der Waals surface area contributed by atoms with E-state index in [1.807, 2.05) is 17.0 Å². The van der Waals surface area contributed by atoms with Crippen molar-refractivity contribution in [1.82, 2.24) is 20.1 Å². The van der Waals surface area contributed by atoms with Gasteiger partial charge in [-0.05, 0) is 6.07 Å². The molecule has 0 aromatic carbocycles. The summed E-state index contributed by atoms with van der Waals surface area (Å²) in [7, 11) is 0. The number of anilines is 1. The van der Waals surface area contributed by atoms with Crippen LogP contribution in [0.25, 0.3) is 0 Å². The first kappa shape index (κ1) is 12.2. The molecule has 1 atom stereocenters. The Bertz CT molecular complexity index is 479. The zero-order chi connectivity index (χ0) is 13.2. The molecule has 4 N–H and O–H groups in total. The summed E-state index contributed by atoms with van der Waals surface area (Å²) < 4.78 is 0. The van der Waals surface area contributed by atoms with Crippen molar-refractivity contribution in [3.05, 3.63) is 23.9 Å². The molecule has 2 aliphatic rings. The maximum Gasteiger partial charge on any atom is 0.317 e. The van der Waals surface area contributed by atoms with Crippen molar-refractivity contribution in [1.29, 1.82) is 0 Å². The molecule has 0 saturated carbocycles. The van der Waals surface area contributed by atoms with Gasteiger partial charge in [0.2, 0.25) is 0 Å². The Morgan fingerprint density at radius 1 is 1.53 bits per heavy atom. The van der Waals surface area contributed by atoms with Crippen molar-refractivity contribution in [3.8, 4) is 0 Å². The fraction of sp³-hybridized carbons (Fsp3) is 0.500. The summed E-state index contributed by atoms with van der Waals surface area (Å²) in [6.07, 6.45) is 1.72. The molecule has 7 nitrogen and oxygen atoms in total. The van der Waals surface area contributed by atoms with Crippen LogP contribution in [-0.4, -0.2) is 53.0 Å². The molecule has 2 aliphatic heterocycles. The molecule has 3 heterocycles. The van der Waals surface area contributed by atoms with Crippen LogP contribution in [0.5, 0.6) is 0 Å². The first-order valence-electron chi connectivity index (χ1n) is 6.45. The number of pyridine rings is 1. The molecule has 1 aromatic heterocycles. The summed E-state index contributed by atoms with van der Waals surface area (Å²) in [5.41, 5.74) is 3.70. The number of nitrogens with two attached hydrogens (primary N) is 1. The topological polar surface area (TPSA) is 86.5 Å². The lowest BCUT2D eigenvalue weighted by molar-refractivity contribution is 0.116. The molecule has 0 spiro atoms. The molecular weight excluding hydrogens is 244 g/mol. The molecule has 2 fully saturated rings. The number of piperazine rings is 1. The number of carbonyl (C=O) groups is 1. The van der Waals surface area contributed by atoms with E-state index in [2.05, 4.69) is 20.6 Å². The highest BCUT2D eigenvalue weighted by Gasteiger charge is 2.35. The zero-order valence-electron chi connectivity index (χ0n) is 10.7. The number of carbonyl (C=O) groups excluding carboxylic acids is 1. The van der Waals surface area contributed by atoms with Crippen LogP contribution in [0.3, 0.4) is 0 Å². The van der Waals surface area contributed by atoms with Crippen LogP contribution >= 0.6 is 0 Å². The molecule has 1 aromatic rings. The van der Waals surface area contributed by atoms with E-state index in [9.17, 15) is 4.79 Å². The van der Waals surface area contributed by atoms with Crippen molar-refractivity contribution in [2.75, 3.05) is 31.6 Å². The van der Waals surface area contributed by atoms with Crippen LogP contribution in [0.15, 0.2) is 18.3 Å². The smallest absolute Gasteiger partial charge is 0.317 e. The van der Waals surface area contributed by atoms with Gasteiger partial charge >= 0.3 is 6.03 Å². The van der Waals surface area contributed by atoms with Gasteiger partial charge in [0.15, 0.2) is 0 Å². The van der Waals surface area contributed by atoms with Crippen LogP contribution in [0.2, 0.25) is 0 Å². The van der Waals surface area contributed by atoms with E-state index in [0.717, 1.165) is 38.3 Å². The summed E-state index contributed by atoms with van der Waals surface area (Å²) >= 11 is 0. The number of fused-ring (bicyclic) bond motifs is 1.